The summed E-state index contributed by atoms with van der Waals surface area (Å²) in [6, 6.07) is 26.9. The van der Waals surface area contributed by atoms with E-state index in [0.717, 1.165) is 37.8 Å². The first-order valence-electron chi connectivity index (χ1n) is 11.6. The van der Waals surface area contributed by atoms with Crippen molar-refractivity contribution in [2.45, 2.75) is 16.7 Å². The quantitative estimate of drug-likeness (QED) is 0.245. The van der Waals surface area contributed by atoms with E-state index in [1.807, 2.05) is 104 Å². The molecule has 2 N–H and O–H groups in total. The highest BCUT2D eigenvalue weighted by atomic mass is 32.2. The molecule has 178 valence electrons. The van der Waals surface area contributed by atoms with Crippen LogP contribution in [0.15, 0.2) is 101 Å². The first-order valence-corrected chi connectivity index (χ1v) is 12.4. The van der Waals surface area contributed by atoms with Crippen LogP contribution in [0.5, 0.6) is 5.75 Å². The predicted molar refractivity (Wildman–Crippen MR) is 145 cm³/mol. The van der Waals surface area contributed by atoms with Gasteiger partial charge < -0.3 is 10.1 Å². The molecule has 1 amide bonds. The standard InChI is InChI=1S/C29H24N4O2S/c1-2-35-22-10-7-9-21(18-22)31-29(34)25-11-3-4-12-28(25)36-23-14-15-24-26(32-33-27(24)19-23)16-13-20-8-5-6-17-30-20/h3-19H,2H2,1H3,(H,31,34)(H,32,33)/b16-13+. The van der Waals surface area contributed by atoms with Crippen LogP contribution in [0, 0.1) is 0 Å². The van der Waals surface area contributed by atoms with Crippen LogP contribution < -0.4 is 10.1 Å². The molecule has 3 aromatic carbocycles. The molecule has 6 nitrogen and oxygen atoms in total. The third kappa shape index (κ3) is 5.47. The summed E-state index contributed by atoms with van der Waals surface area (Å²) in [5.41, 5.74) is 3.95. The van der Waals surface area contributed by atoms with Gasteiger partial charge in [-0.1, -0.05) is 36.0 Å². The lowest BCUT2D eigenvalue weighted by molar-refractivity contribution is 0.102. The fourth-order valence-corrected chi connectivity index (χ4v) is 4.73. The van der Waals surface area contributed by atoms with Crippen LogP contribution in [0.4, 0.5) is 5.69 Å². The molecule has 0 aliphatic carbocycles. The topological polar surface area (TPSA) is 79.9 Å². The van der Waals surface area contributed by atoms with Crippen molar-refractivity contribution in [2.75, 3.05) is 11.9 Å². The molecule has 5 rings (SSSR count). The maximum absolute atomic E-state index is 13.1. The van der Waals surface area contributed by atoms with Gasteiger partial charge in [-0.05, 0) is 73.7 Å². The van der Waals surface area contributed by atoms with Gasteiger partial charge in [-0.25, -0.2) is 0 Å². The molecule has 0 saturated heterocycles. The molecule has 0 spiro atoms. The third-order valence-corrected chi connectivity index (χ3v) is 6.49. The van der Waals surface area contributed by atoms with Gasteiger partial charge in [-0.2, -0.15) is 5.10 Å². The van der Waals surface area contributed by atoms with E-state index in [-0.39, 0.29) is 5.91 Å². The molecule has 2 aromatic heterocycles. The first-order chi connectivity index (χ1) is 17.7. The van der Waals surface area contributed by atoms with E-state index in [1.54, 1.807) is 6.20 Å². The fourth-order valence-electron chi connectivity index (χ4n) is 3.75. The monoisotopic (exact) mass is 492 g/mol. The molecule has 0 aliphatic rings. The Morgan fingerprint density at radius 3 is 2.75 bits per heavy atom. The minimum absolute atomic E-state index is 0.170. The maximum Gasteiger partial charge on any atom is 0.256 e. The zero-order valence-electron chi connectivity index (χ0n) is 19.6. The molecule has 7 heteroatoms. The normalized spacial score (nSPS) is 11.1. The van der Waals surface area contributed by atoms with E-state index in [4.69, 9.17) is 4.74 Å². The number of nitrogens with one attached hydrogen (secondary N) is 2. The lowest BCUT2D eigenvalue weighted by Crippen LogP contribution is -2.13. The number of anilines is 1. The highest BCUT2D eigenvalue weighted by Gasteiger charge is 2.14. The van der Waals surface area contributed by atoms with Crippen molar-refractivity contribution in [3.8, 4) is 5.75 Å². The summed E-state index contributed by atoms with van der Waals surface area (Å²) in [5.74, 6) is 0.552. The van der Waals surface area contributed by atoms with Crippen LogP contribution in [-0.4, -0.2) is 27.7 Å². The SMILES string of the molecule is CCOc1cccc(NC(=O)c2ccccc2Sc2ccc3c(/C=C/c4ccccn4)n[nH]c3c2)c1. The summed E-state index contributed by atoms with van der Waals surface area (Å²) in [5, 5.41) is 11.6. The number of fused-ring (bicyclic) bond motifs is 1. The number of hydrogen-bond donors (Lipinski definition) is 2. The zero-order valence-corrected chi connectivity index (χ0v) is 20.5. The van der Waals surface area contributed by atoms with Crippen LogP contribution in [0.1, 0.15) is 28.7 Å². The minimum Gasteiger partial charge on any atom is -0.494 e. The number of ether oxygens (including phenoxy) is 1. The molecule has 0 saturated carbocycles. The van der Waals surface area contributed by atoms with Crippen molar-refractivity contribution >= 4 is 46.4 Å². The molecular weight excluding hydrogens is 468 g/mol. The van der Waals surface area contributed by atoms with E-state index >= 15 is 0 Å². The second-order valence-electron chi connectivity index (χ2n) is 7.92. The molecule has 0 fully saturated rings. The molecule has 36 heavy (non-hydrogen) atoms. The summed E-state index contributed by atoms with van der Waals surface area (Å²) in [6.45, 7) is 2.50. The lowest BCUT2D eigenvalue weighted by Gasteiger charge is -2.11. The Morgan fingerprint density at radius 2 is 1.89 bits per heavy atom. The van der Waals surface area contributed by atoms with Gasteiger partial charge in [0.2, 0.25) is 0 Å². The second-order valence-corrected chi connectivity index (χ2v) is 9.03. The molecule has 0 bridgehead atoms. The number of nitrogens with zero attached hydrogens (tertiary/aromatic N) is 2. The molecule has 2 heterocycles. The summed E-state index contributed by atoms with van der Waals surface area (Å²) in [4.78, 5) is 19.3. The van der Waals surface area contributed by atoms with Crippen LogP contribution in [0.25, 0.3) is 23.1 Å². The zero-order chi connectivity index (χ0) is 24.7. The largest absolute Gasteiger partial charge is 0.494 e. The number of benzene rings is 3. The summed E-state index contributed by atoms with van der Waals surface area (Å²) in [7, 11) is 0. The average molecular weight is 493 g/mol. The molecule has 5 aromatic rings. The van der Waals surface area contributed by atoms with Crippen LogP contribution >= 0.6 is 11.8 Å². The fraction of sp³-hybridized carbons (Fsp3) is 0.0690. The smallest absolute Gasteiger partial charge is 0.256 e. The Hall–Kier alpha value is -4.36. The van der Waals surface area contributed by atoms with Crippen molar-refractivity contribution in [3.05, 3.63) is 108 Å². The third-order valence-electron chi connectivity index (χ3n) is 5.43. The van der Waals surface area contributed by atoms with Gasteiger partial charge in [0.1, 0.15) is 5.75 Å². The molecule has 0 atom stereocenters. The number of carbonyl (C=O) groups excluding carboxylic acids is 1. The second kappa shape index (κ2) is 10.9. The Kier molecular flexibility index (Phi) is 7.10. The van der Waals surface area contributed by atoms with Crippen molar-refractivity contribution in [3.63, 3.8) is 0 Å². The highest BCUT2D eigenvalue weighted by Crippen LogP contribution is 2.33. The number of aromatic nitrogens is 3. The molecule has 0 unspecified atom stereocenters. The summed E-state index contributed by atoms with van der Waals surface area (Å²) < 4.78 is 5.54. The van der Waals surface area contributed by atoms with E-state index in [9.17, 15) is 4.79 Å². The van der Waals surface area contributed by atoms with E-state index in [1.165, 1.54) is 11.8 Å². The van der Waals surface area contributed by atoms with Gasteiger partial charge in [0.05, 0.1) is 29.1 Å². The van der Waals surface area contributed by atoms with Crippen LogP contribution in [-0.2, 0) is 0 Å². The van der Waals surface area contributed by atoms with Crippen LogP contribution in [0.3, 0.4) is 0 Å². The number of H-pyrrole nitrogens is 1. The van der Waals surface area contributed by atoms with Gasteiger partial charge in [-0.3, -0.25) is 14.9 Å². The first kappa shape index (κ1) is 23.4. The van der Waals surface area contributed by atoms with E-state index < -0.39 is 0 Å². The minimum atomic E-state index is -0.170. The van der Waals surface area contributed by atoms with Crippen molar-refractivity contribution in [1.29, 1.82) is 0 Å². The van der Waals surface area contributed by atoms with Gasteiger partial charge in [0.15, 0.2) is 0 Å². The Labute approximate surface area is 213 Å². The predicted octanol–water partition coefficient (Wildman–Crippen LogP) is 6.93. The molecule has 0 aliphatic heterocycles. The number of pyridine rings is 1. The highest BCUT2D eigenvalue weighted by molar-refractivity contribution is 7.99. The Bertz CT molecular complexity index is 1530. The van der Waals surface area contributed by atoms with Gasteiger partial charge >= 0.3 is 0 Å². The van der Waals surface area contributed by atoms with Crippen molar-refractivity contribution < 1.29 is 9.53 Å². The van der Waals surface area contributed by atoms with Gasteiger partial charge in [0, 0.05) is 33.1 Å². The van der Waals surface area contributed by atoms with Crippen LogP contribution in [0.2, 0.25) is 0 Å². The van der Waals surface area contributed by atoms with Crippen molar-refractivity contribution in [1.82, 2.24) is 15.2 Å². The molecule has 0 radical (unpaired) electrons. The number of hydrogen-bond acceptors (Lipinski definition) is 5. The number of carbonyl (C=O) groups is 1. The van der Waals surface area contributed by atoms with E-state index in [2.05, 4.69) is 20.5 Å². The maximum atomic E-state index is 13.1. The van der Waals surface area contributed by atoms with E-state index in [0.29, 0.717) is 17.9 Å². The summed E-state index contributed by atoms with van der Waals surface area (Å²) in [6.07, 6.45) is 5.66. The molecular formula is C29H24N4O2S. The van der Waals surface area contributed by atoms with Gasteiger partial charge in [-0.15, -0.1) is 0 Å². The average Bonchev–Trinajstić information content (AvgIpc) is 3.31. The number of amides is 1. The number of aromatic amines is 1. The van der Waals surface area contributed by atoms with Gasteiger partial charge in [0.25, 0.3) is 5.91 Å². The summed E-state index contributed by atoms with van der Waals surface area (Å²) >= 11 is 1.54. The lowest BCUT2D eigenvalue weighted by atomic mass is 10.2. The number of rotatable bonds is 8. The Balaban J connectivity index is 1.34. The Morgan fingerprint density at radius 1 is 1.00 bits per heavy atom. The van der Waals surface area contributed by atoms with Crippen molar-refractivity contribution in [2.24, 2.45) is 0 Å².